The summed E-state index contributed by atoms with van der Waals surface area (Å²) >= 11 is 15.3. The number of furan rings is 1. The fraction of sp³-hybridized carbons (Fsp3) is 0.222. The number of hydrogen-bond donors (Lipinski definition) is 1. The third-order valence-electron chi connectivity index (χ3n) is 3.76. The minimum absolute atomic E-state index is 0.142. The summed E-state index contributed by atoms with van der Waals surface area (Å²) in [5.74, 6) is 0.878. The van der Waals surface area contributed by atoms with E-state index in [1.165, 1.54) is 0 Å². The van der Waals surface area contributed by atoms with E-state index in [1.807, 2.05) is 11.6 Å². The van der Waals surface area contributed by atoms with Crippen LogP contribution < -0.4 is 10.1 Å². The second-order valence-electron chi connectivity index (χ2n) is 5.57. The zero-order valence-corrected chi connectivity index (χ0v) is 17.4. The first-order valence-electron chi connectivity index (χ1n) is 8.13. The van der Waals surface area contributed by atoms with Gasteiger partial charge in [0.05, 0.1) is 27.9 Å². The number of aryl methyl sites for hydroxylation is 1. The Hall–Kier alpha value is -1.96. The van der Waals surface area contributed by atoms with Gasteiger partial charge in [0.1, 0.15) is 18.1 Å². The Morgan fingerprint density at radius 1 is 1.33 bits per heavy atom. The SMILES string of the molecule is CCn1ncc(Br)c1CNC(=O)c1ccc(COc2ccc(Cl)cc2Cl)o1. The molecule has 2 aromatic heterocycles. The monoisotopic (exact) mass is 471 g/mol. The molecule has 6 nitrogen and oxygen atoms in total. The van der Waals surface area contributed by atoms with Gasteiger partial charge in [-0.05, 0) is 53.2 Å². The molecule has 1 amide bonds. The average Bonchev–Trinajstić information content (AvgIpc) is 3.25. The van der Waals surface area contributed by atoms with E-state index in [4.69, 9.17) is 32.4 Å². The first kappa shape index (κ1) is 19.8. The summed E-state index contributed by atoms with van der Waals surface area (Å²) in [6.45, 7) is 3.17. The molecule has 0 unspecified atom stereocenters. The van der Waals surface area contributed by atoms with Gasteiger partial charge in [-0.15, -0.1) is 0 Å². The number of ether oxygens (including phenoxy) is 1. The van der Waals surface area contributed by atoms with Gasteiger partial charge in [0.15, 0.2) is 5.76 Å². The van der Waals surface area contributed by atoms with Crippen molar-refractivity contribution in [2.24, 2.45) is 0 Å². The second kappa shape index (κ2) is 8.82. The predicted molar refractivity (Wildman–Crippen MR) is 106 cm³/mol. The van der Waals surface area contributed by atoms with E-state index in [0.29, 0.717) is 34.6 Å². The number of nitrogens with zero attached hydrogens (tertiary/aromatic N) is 2. The number of hydrogen-bond acceptors (Lipinski definition) is 4. The molecule has 0 atom stereocenters. The maximum absolute atomic E-state index is 12.3. The average molecular weight is 473 g/mol. The van der Waals surface area contributed by atoms with Gasteiger partial charge in [0.25, 0.3) is 5.91 Å². The molecule has 0 aliphatic carbocycles. The standard InChI is InChI=1S/C18H16BrCl2N3O3/c1-2-24-15(13(19)8-23-24)9-22-18(25)17-6-4-12(27-17)10-26-16-5-3-11(20)7-14(16)21/h3-8H,2,9-10H2,1H3,(H,22,25). The van der Waals surface area contributed by atoms with Crippen molar-refractivity contribution in [3.05, 3.63) is 68.3 Å². The van der Waals surface area contributed by atoms with Crippen LogP contribution in [-0.4, -0.2) is 15.7 Å². The molecule has 142 valence electrons. The van der Waals surface area contributed by atoms with Gasteiger partial charge in [-0.1, -0.05) is 23.2 Å². The third-order valence-corrected chi connectivity index (χ3v) is 4.96. The quantitative estimate of drug-likeness (QED) is 0.520. The summed E-state index contributed by atoms with van der Waals surface area (Å²) in [5.41, 5.74) is 0.887. The Labute approximate surface area is 174 Å². The summed E-state index contributed by atoms with van der Waals surface area (Å²) in [4.78, 5) is 12.3. The van der Waals surface area contributed by atoms with Crippen molar-refractivity contribution in [2.45, 2.75) is 26.6 Å². The lowest BCUT2D eigenvalue weighted by atomic mass is 10.3. The fourth-order valence-corrected chi connectivity index (χ4v) is 3.31. The number of rotatable bonds is 7. The Balaban J connectivity index is 1.58. The lowest BCUT2D eigenvalue weighted by molar-refractivity contribution is 0.0918. The Bertz CT molecular complexity index is 955. The summed E-state index contributed by atoms with van der Waals surface area (Å²) in [6, 6.07) is 8.24. The van der Waals surface area contributed by atoms with Gasteiger partial charge in [0, 0.05) is 11.6 Å². The normalized spacial score (nSPS) is 10.8. The van der Waals surface area contributed by atoms with Crippen molar-refractivity contribution >= 4 is 45.0 Å². The van der Waals surface area contributed by atoms with Crippen molar-refractivity contribution in [2.75, 3.05) is 0 Å². The van der Waals surface area contributed by atoms with Gasteiger partial charge in [0.2, 0.25) is 0 Å². The smallest absolute Gasteiger partial charge is 0.287 e. The van der Waals surface area contributed by atoms with Crippen LogP contribution in [0.3, 0.4) is 0 Å². The molecule has 0 spiro atoms. The highest BCUT2D eigenvalue weighted by Crippen LogP contribution is 2.28. The van der Waals surface area contributed by atoms with E-state index in [9.17, 15) is 4.79 Å². The zero-order chi connectivity index (χ0) is 19.4. The number of carbonyl (C=O) groups excluding carboxylic acids is 1. The molecule has 0 radical (unpaired) electrons. The number of halogens is 3. The van der Waals surface area contributed by atoms with E-state index in [1.54, 1.807) is 36.5 Å². The predicted octanol–water partition coefficient (Wildman–Crippen LogP) is 5.07. The van der Waals surface area contributed by atoms with Crippen LogP contribution in [0.2, 0.25) is 10.0 Å². The van der Waals surface area contributed by atoms with Crippen LogP contribution >= 0.6 is 39.1 Å². The molecule has 3 aromatic rings. The molecule has 2 heterocycles. The minimum atomic E-state index is -0.318. The third kappa shape index (κ3) is 4.86. The van der Waals surface area contributed by atoms with Crippen LogP contribution in [0.15, 0.2) is 45.4 Å². The van der Waals surface area contributed by atoms with Crippen molar-refractivity contribution in [1.82, 2.24) is 15.1 Å². The number of nitrogens with one attached hydrogen (secondary N) is 1. The molecule has 0 aliphatic rings. The van der Waals surface area contributed by atoms with Crippen molar-refractivity contribution in [1.29, 1.82) is 0 Å². The molecule has 1 N–H and O–H groups in total. The molecule has 27 heavy (non-hydrogen) atoms. The first-order valence-corrected chi connectivity index (χ1v) is 9.67. The maximum Gasteiger partial charge on any atom is 0.287 e. The van der Waals surface area contributed by atoms with E-state index in [2.05, 4.69) is 26.3 Å². The van der Waals surface area contributed by atoms with Crippen LogP contribution in [-0.2, 0) is 19.7 Å². The van der Waals surface area contributed by atoms with Crippen molar-refractivity contribution in [3.8, 4) is 5.75 Å². The number of carbonyl (C=O) groups is 1. The van der Waals surface area contributed by atoms with Gasteiger partial charge >= 0.3 is 0 Å². The molecular formula is C18H16BrCl2N3O3. The van der Waals surface area contributed by atoms with E-state index in [-0.39, 0.29) is 18.3 Å². The molecule has 1 aromatic carbocycles. The zero-order valence-electron chi connectivity index (χ0n) is 14.3. The van der Waals surface area contributed by atoms with Gasteiger partial charge < -0.3 is 14.5 Å². The molecule has 0 saturated carbocycles. The van der Waals surface area contributed by atoms with Gasteiger partial charge in [-0.3, -0.25) is 9.48 Å². The Morgan fingerprint density at radius 3 is 2.89 bits per heavy atom. The Morgan fingerprint density at radius 2 is 2.15 bits per heavy atom. The second-order valence-corrected chi connectivity index (χ2v) is 7.26. The lowest BCUT2D eigenvalue weighted by Gasteiger charge is -2.07. The van der Waals surface area contributed by atoms with Crippen LogP contribution in [0.4, 0.5) is 0 Å². The minimum Gasteiger partial charge on any atom is -0.484 e. The summed E-state index contributed by atoms with van der Waals surface area (Å²) < 4.78 is 13.8. The largest absolute Gasteiger partial charge is 0.484 e. The summed E-state index contributed by atoms with van der Waals surface area (Å²) in [5, 5.41) is 7.97. The van der Waals surface area contributed by atoms with E-state index in [0.717, 1.165) is 10.2 Å². The molecule has 0 saturated heterocycles. The summed E-state index contributed by atoms with van der Waals surface area (Å²) in [7, 11) is 0. The van der Waals surface area contributed by atoms with Crippen LogP contribution in [0.5, 0.6) is 5.75 Å². The van der Waals surface area contributed by atoms with Crippen LogP contribution in [0.25, 0.3) is 0 Å². The maximum atomic E-state index is 12.3. The first-order chi connectivity index (χ1) is 13.0. The van der Waals surface area contributed by atoms with Crippen LogP contribution in [0.1, 0.15) is 28.9 Å². The van der Waals surface area contributed by atoms with E-state index >= 15 is 0 Å². The van der Waals surface area contributed by atoms with Crippen molar-refractivity contribution in [3.63, 3.8) is 0 Å². The van der Waals surface area contributed by atoms with E-state index < -0.39 is 0 Å². The Kier molecular flexibility index (Phi) is 6.46. The molecule has 3 rings (SSSR count). The molecule has 9 heteroatoms. The molecule has 0 fully saturated rings. The lowest BCUT2D eigenvalue weighted by Crippen LogP contribution is -2.24. The summed E-state index contributed by atoms with van der Waals surface area (Å²) in [6.07, 6.45) is 1.70. The molecular weight excluding hydrogens is 457 g/mol. The van der Waals surface area contributed by atoms with Gasteiger partial charge in [-0.2, -0.15) is 5.10 Å². The highest BCUT2D eigenvalue weighted by Gasteiger charge is 2.14. The van der Waals surface area contributed by atoms with Crippen molar-refractivity contribution < 1.29 is 13.9 Å². The highest BCUT2D eigenvalue weighted by atomic mass is 79.9. The van der Waals surface area contributed by atoms with Gasteiger partial charge in [-0.25, -0.2) is 0 Å². The molecule has 0 aliphatic heterocycles. The number of amides is 1. The number of benzene rings is 1. The fourth-order valence-electron chi connectivity index (χ4n) is 2.41. The highest BCUT2D eigenvalue weighted by molar-refractivity contribution is 9.10. The topological polar surface area (TPSA) is 69.3 Å². The molecule has 0 bridgehead atoms. The number of aromatic nitrogens is 2. The van der Waals surface area contributed by atoms with Crippen LogP contribution in [0, 0.1) is 0 Å².